The van der Waals surface area contributed by atoms with Gasteiger partial charge in [0.15, 0.2) is 0 Å². The number of nitrogens with two attached hydrogens (primary N) is 1. The summed E-state index contributed by atoms with van der Waals surface area (Å²) in [7, 11) is 0. The van der Waals surface area contributed by atoms with E-state index in [1.54, 1.807) is 11.8 Å². The molecule has 0 saturated carbocycles. The van der Waals surface area contributed by atoms with Gasteiger partial charge < -0.3 is 10.6 Å². The summed E-state index contributed by atoms with van der Waals surface area (Å²) in [5.74, 6) is 0.886. The highest BCUT2D eigenvalue weighted by Crippen LogP contribution is 2.38. The molecular formula is C16H14Cl2N2S. The first kappa shape index (κ1) is 14.8. The van der Waals surface area contributed by atoms with Crippen LogP contribution in [0.5, 0.6) is 0 Å². The highest BCUT2D eigenvalue weighted by atomic mass is 35.5. The number of hydrogen-bond donors (Lipinski definition) is 1. The van der Waals surface area contributed by atoms with Crippen molar-refractivity contribution in [1.29, 1.82) is 0 Å². The van der Waals surface area contributed by atoms with Crippen LogP contribution < -0.4 is 10.6 Å². The molecule has 1 aliphatic rings. The van der Waals surface area contributed by atoms with Crippen molar-refractivity contribution >= 4 is 45.6 Å². The van der Waals surface area contributed by atoms with Crippen LogP contribution in [0.2, 0.25) is 10.0 Å². The largest absolute Gasteiger partial charge is 0.337 e. The smallest absolute Gasteiger partial charge is 0.0730 e. The van der Waals surface area contributed by atoms with Gasteiger partial charge in [0.25, 0.3) is 0 Å². The van der Waals surface area contributed by atoms with Gasteiger partial charge in [-0.25, -0.2) is 0 Å². The standard InChI is InChI=1S/C16H14Cl2N2S/c17-14-6-3-12(7-15(14)18)16-9-20(10-21-16)13-4-1-11(8-19)2-5-13/h1-7,9H,8,10,19H2. The highest BCUT2D eigenvalue weighted by molar-refractivity contribution is 8.08. The van der Waals surface area contributed by atoms with Crippen molar-refractivity contribution in [3.05, 3.63) is 69.8 Å². The molecule has 5 heteroatoms. The molecule has 0 saturated heterocycles. The maximum atomic E-state index is 6.09. The van der Waals surface area contributed by atoms with Gasteiger partial charge in [-0.2, -0.15) is 0 Å². The van der Waals surface area contributed by atoms with Crippen LogP contribution in [0.1, 0.15) is 11.1 Å². The predicted octanol–water partition coefficient (Wildman–Crippen LogP) is 4.96. The molecule has 0 fully saturated rings. The molecule has 0 unspecified atom stereocenters. The molecule has 0 aliphatic carbocycles. The van der Waals surface area contributed by atoms with Crippen LogP contribution in [0.25, 0.3) is 4.91 Å². The van der Waals surface area contributed by atoms with Gasteiger partial charge in [0.2, 0.25) is 0 Å². The molecule has 0 aromatic heterocycles. The number of hydrogen-bond acceptors (Lipinski definition) is 3. The Morgan fingerprint density at radius 3 is 2.48 bits per heavy atom. The maximum Gasteiger partial charge on any atom is 0.0730 e. The molecule has 0 amide bonds. The molecule has 2 N–H and O–H groups in total. The second kappa shape index (κ2) is 6.32. The number of anilines is 1. The zero-order chi connectivity index (χ0) is 14.8. The van der Waals surface area contributed by atoms with E-state index >= 15 is 0 Å². The Kier molecular flexibility index (Phi) is 4.45. The Morgan fingerprint density at radius 1 is 1.05 bits per heavy atom. The summed E-state index contributed by atoms with van der Waals surface area (Å²) < 4.78 is 0. The van der Waals surface area contributed by atoms with E-state index in [0.29, 0.717) is 16.6 Å². The first-order valence-corrected chi connectivity index (χ1v) is 8.27. The molecule has 108 valence electrons. The molecule has 3 rings (SSSR count). The first-order valence-electron chi connectivity index (χ1n) is 6.53. The summed E-state index contributed by atoms with van der Waals surface area (Å²) in [6.07, 6.45) is 2.14. The fraction of sp³-hybridized carbons (Fsp3) is 0.125. The molecular weight excluding hydrogens is 323 g/mol. The number of halogens is 2. The minimum absolute atomic E-state index is 0.569. The number of thioether (sulfide) groups is 1. The van der Waals surface area contributed by atoms with Crippen LogP contribution in [0.4, 0.5) is 5.69 Å². The topological polar surface area (TPSA) is 29.3 Å². The zero-order valence-electron chi connectivity index (χ0n) is 11.2. The second-order valence-corrected chi connectivity index (χ2v) is 6.54. The van der Waals surface area contributed by atoms with E-state index in [1.165, 1.54) is 4.91 Å². The van der Waals surface area contributed by atoms with Crippen LogP contribution in [-0.4, -0.2) is 5.88 Å². The Morgan fingerprint density at radius 2 is 1.81 bits per heavy atom. The van der Waals surface area contributed by atoms with Gasteiger partial charge >= 0.3 is 0 Å². The molecule has 1 aliphatic heterocycles. The summed E-state index contributed by atoms with van der Waals surface area (Å²) in [6.45, 7) is 0.569. The number of nitrogens with zero attached hydrogens (tertiary/aromatic N) is 1. The average molecular weight is 337 g/mol. The van der Waals surface area contributed by atoms with Crippen LogP contribution >= 0.6 is 35.0 Å². The zero-order valence-corrected chi connectivity index (χ0v) is 13.6. The SMILES string of the molecule is NCc1ccc(N2C=C(c3ccc(Cl)c(Cl)c3)SC2)cc1. The quantitative estimate of drug-likeness (QED) is 0.858. The third-order valence-electron chi connectivity index (χ3n) is 3.34. The Hall–Kier alpha value is -1.13. The average Bonchev–Trinajstić information content (AvgIpc) is 3.00. The van der Waals surface area contributed by atoms with Crippen molar-refractivity contribution in [2.45, 2.75) is 6.54 Å². The Balaban J connectivity index is 1.84. The van der Waals surface area contributed by atoms with Crippen LogP contribution in [-0.2, 0) is 6.54 Å². The van der Waals surface area contributed by atoms with Crippen LogP contribution in [0, 0.1) is 0 Å². The van der Waals surface area contributed by atoms with Crippen molar-refractivity contribution < 1.29 is 0 Å². The van der Waals surface area contributed by atoms with Crippen molar-refractivity contribution in [3.8, 4) is 0 Å². The molecule has 0 spiro atoms. The first-order chi connectivity index (χ1) is 10.2. The molecule has 2 aromatic carbocycles. The minimum Gasteiger partial charge on any atom is -0.337 e. The van der Waals surface area contributed by atoms with E-state index in [0.717, 1.165) is 22.7 Å². The lowest BCUT2D eigenvalue weighted by molar-refractivity contribution is 1.07. The number of rotatable bonds is 3. The summed E-state index contributed by atoms with van der Waals surface area (Å²) in [6, 6.07) is 14.0. The van der Waals surface area contributed by atoms with Gasteiger partial charge in [0.1, 0.15) is 0 Å². The van der Waals surface area contributed by atoms with E-state index in [9.17, 15) is 0 Å². The van der Waals surface area contributed by atoms with Crippen molar-refractivity contribution in [3.63, 3.8) is 0 Å². The van der Waals surface area contributed by atoms with Gasteiger partial charge in [-0.05, 0) is 35.4 Å². The summed E-state index contributed by atoms with van der Waals surface area (Å²) >= 11 is 13.8. The van der Waals surface area contributed by atoms with Gasteiger partial charge in [-0.3, -0.25) is 0 Å². The molecule has 2 nitrogen and oxygen atoms in total. The van der Waals surface area contributed by atoms with Crippen LogP contribution in [0.15, 0.2) is 48.7 Å². The third kappa shape index (κ3) is 3.22. The van der Waals surface area contributed by atoms with Gasteiger partial charge in [-0.15, -0.1) is 11.8 Å². The van der Waals surface area contributed by atoms with Crippen LogP contribution in [0.3, 0.4) is 0 Å². The summed E-state index contributed by atoms with van der Waals surface area (Å²) in [5, 5.41) is 1.17. The Labute approximate surface area is 138 Å². The van der Waals surface area contributed by atoms with E-state index in [2.05, 4.69) is 35.4 Å². The lowest BCUT2D eigenvalue weighted by Gasteiger charge is -2.14. The van der Waals surface area contributed by atoms with E-state index in [4.69, 9.17) is 28.9 Å². The molecule has 0 atom stereocenters. The molecule has 2 aromatic rings. The van der Waals surface area contributed by atoms with Crippen molar-refractivity contribution in [1.82, 2.24) is 0 Å². The van der Waals surface area contributed by atoms with Gasteiger partial charge in [0, 0.05) is 23.3 Å². The summed E-state index contributed by atoms with van der Waals surface area (Å²) in [5.41, 5.74) is 9.02. The fourth-order valence-electron chi connectivity index (χ4n) is 2.14. The molecule has 0 bridgehead atoms. The maximum absolute atomic E-state index is 6.09. The van der Waals surface area contributed by atoms with Crippen molar-refractivity contribution in [2.24, 2.45) is 5.73 Å². The lowest BCUT2D eigenvalue weighted by Crippen LogP contribution is -2.10. The van der Waals surface area contributed by atoms with E-state index in [1.807, 2.05) is 18.2 Å². The fourth-order valence-corrected chi connectivity index (χ4v) is 3.43. The third-order valence-corrected chi connectivity index (χ3v) is 5.14. The minimum atomic E-state index is 0.569. The van der Waals surface area contributed by atoms with Gasteiger partial charge in [-0.1, -0.05) is 41.4 Å². The molecule has 0 radical (unpaired) electrons. The predicted molar refractivity (Wildman–Crippen MR) is 93.7 cm³/mol. The highest BCUT2D eigenvalue weighted by Gasteiger charge is 2.16. The summed E-state index contributed by atoms with van der Waals surface area (Å²) in [4.78, 5) is 3.40. The van der Waals surface area contributed by atoms with Crippen molar-refractivity contribution in [2.75, 3.05) is 10.8 Å². The normalized spacial score (nSPS) is 14.4. The Bertz CT molecular complexity index is 683. The molecule has 1 heterocycles. The van der Waals surface area contributed by atoms with E-state index < -0.39 is 0 Å². The molecule has 21 heavy (non-hydrogen) atoms. The van der Waals surface area contributed by atoms with Gasteiger partial charge in [0.05, 0.1) is 15.9 Å². The van der Waals surface area contributed by atoms with E-state index in [-0.39, 0.29) is 0 Å². The number of benzene rings is 2. The monoisotopic (exact) mass is 336 g/mol. The second-order valence-electron chi connectivity index (χ2n) is 4.74. The lowest BCUT2D eigenvalue weighted by atomic mass is 10.2.